The second kappa shape index (κ2) is 5.81. The molecule has 1 N–H and O–H groups in total. The van der Waals surface area contributed by atoms with Gasteiger partial charge in [-0.1, -0.05) is 0 Å². The average molecular weight is 398 g/mol. The largest absolute Gasteiger partial charge is 0.482 e. The van der Waals surface area contributed by atoms with Gasteiger partial charge in [0.1, 0.15) is 17.2 Å². The maximum atomic E-state index is 13.8. The number of pyridine rings is 1. The fourth-order valence-electron chi connectivity index (χ4n) is 3.52. The normalized spacial score (nSPS) is 20.9. The second-order valence-electron chi connectivity index (χ2n) is 6.99. The second-order valence-corrected chi connectivity index (χ2v) is 6.99. The van der Waals surface area contributed by atoms with Gasteiger partial charge in [-0.05, 0) is 25.1 Å². The van der Waals surface area contributed by atoms with Crippen LogP contribution in [0.3, 0.4) is 0 Å². The highest BCUT2D eigenvalue weighted by atomic mass is 19.4. The van der Waals surface area contributed by atoms with E-state index < -0.39 is 41.6 Å². The molecular weight excluding hydrogens is 384 g/mol. The molecule has 10 heteroatoms. The van der Waals surface area contributed by atoms with E-state index in [-0.39, 0.29) is 22.5 Å². The Kier molecular flexibility index (Phi) is 3.83. The first kappa shape index (κ1) is 18.5. The van der Waals surface area contributed by atoms with E-state index in [1.165, 1.54) is 13.0 Å². The highest BCUT2D eigenvalue weighted by molar-refractivity contribution is 5.67. The molecule has 3 aromatic rings. The Morgan fingerprint density at radius 3 is 2.75 bits per heavy atom. The average Bonchev–Trinajstić information content (AvgIpc) is 3.09. The van der Waals surface area contributed by atoms with Crippen LogP contribution in [0, 0.1) is 5.82 Å². The first-order valence-electron chi connectivity index (χ1n) is 8.23. The van der Waals surface area contributed by atoms with Crippen LogP contribution in [0.5, 0.6) is 5.75 Å². The van der Waals surface area contributed by atoms with Crippen LogP contribution in [0.2, 0.25) is 0 Å². The van der Waals surface area contributed by atoms with Crippen molar-refractivity contribution in [2.45, 2.75) is 37.3 Å². The molecule has 1 aromatic carbocycles. The number of rotatable bonds is 4. The predicted molar refractivity (Wildman–Crippen MR) is 88.3 cm³/mol. The van der Waals surface area contributed by atoms with E-state index in [9.17, 15) is 27.5 Å². The quantitative estimate of drug-likeness (QED) is 0.684. The molecule has 1 aliphatic rings. The zero-order valence-electron chi connectivity index (χ0n) is 14.5. The molecule has 0 saturated carbocycles. The van der Waals surface area contributed by atoms with E-state index in [4.69, 9.17) is 9.15 Å². The van der Waals surface area contributed by atoms with Gasteiger partial charge in [0, 0.05) is 24.2 Å². The lowest BCUT2D eigenvalue weighted by Crippen LogP contribution is -2.55. The van der Waals surface area contributed by atoms with Gasteiger partial charge in [0.15, 0.2) is 17.6 Å². The molecule has 4 rings (SSSR count). The lowest BCUT2D eigenvalue weighted by Gasteiger charge is -2.46. The molecule has 3 heterocycles. The van der Waals surface area contributed by atoms with Crippen LogP contribution in [-0.2, 0) is 12.1 Å². The first-order valence-corrected chi connectivity index (χ1v) is 8.23. The van der Waals surface area contributed by atoms with Gasteiger partial charge >= 0.3 is 6.18 Å². The van der Waals surface area contributed by atoms with Crippen molar-refractivity contribution in [1.82, 2.24) is 9.55 Å². The Morgan fingerprint density at radius 1 is 1.29 bits per heavy atom. The van der Waals surface area contributed by atoms with Gasteiger partial charge in [0.25, 0.3) is 0 Å². The highest BCUT2D eigenvalue weighted by Crippen LogP contribution is 2.51. The predicted octanol–water partition coefficient (Wildman–Crippen LogP) is 3.12. The minimum atomic E-state index is -5.04. The van der Waals surface area contributed by atoms with Gasteiger partial charge in [0.05, 0.1) is 6.54 Å². The molecular formula is C18H14F4N2O4. The zero-order chi connectivity index (χ0) is 20.3. The third kappa shape index (κ3) is 2.75. The SMILES string of the molecule is CC1(CC(O)(Cn2ccc(=O)c3ocnc32)C(F)(F)F)Oc2ccc(F)cc21. The molecule has 28 heavy (non-hydrogen) atoms. The van der Waals surface area contributed by atoms with E-state index in [0.29, 0.717) is 0 Å². The van der Waals surface area contributed by atoms with E-state index in [2.05, 4.69) is 4.98 Å². The van der Waals surface area contributed by atoms with E-state index in [1.807, 2.05) is 0 Å². The lowest BCUT2D eigenvalue weighted by molar-refractivity contribution is -0.280. The first-order chi connectivity index (χ1) is 13.0. The molecule has 0 spiro atoms. The van der Waals surface area contributed by atoms with Crippen LogP contribution >= 0.6 is 0 Å². The van der Waals surface area contributed by atoms with Gasteiger partial charge in [-0.15, -0.1) is 0 Å². The summed E-state index contributed by atoms with van der Waals surface area (Å²) in [6.45, 7) is 0.395. The smallest absolute Gasteiger partial charge is 0.419 e. The number of ether oxygens (including phenoxy) is 1. The minimum Gasteiger partial charge on any atom is -0.482 e. The molecule has 0 saturated heterocycles. The molecule has 6 nitrogen and oxygen atoms in total. The van der Waals surface area contributed by atoms with Gasteiger partial charge in [0.2, 0.25) is 11.0 Å². The number of hydrogen-bond donors (Lipinski definition) is 1. The summed E-state index contributed by atoms with van der Waals surface area (Å²) in [4.78, 5) is 15.5. The van der Waals surface area contributed by atoms with Crippen molar-refractivity contribution in [3.8, 4) is 5.75 Å². The fraction of sp³-hybridized carbons (Fsp3) is 0.333. The summed E-state index contributed by atoms with van der Waals surface area (Å²) in [6.07, 6.45) is -3.89. The summed E-state index contributed by atoms with van der Waals surface area (Å²) < 4.78 is 66.4. The Bertz CT molecular complexity index is 1120. The molecule has 0 aliphatic carbocycles. The fourth-order valence-corrected chi connectivity index (χ4v) is 3.52. The summed E-state index contributed by atoms with van der Waals surface area (Å²) in [5, 5.41) is 10.6. The molecule has 2 atom stereocenters. The maximum Gasteiger partial charge on any atom is 0.419 e. The monoisotopic (exact) mass is 398 g/mol. The summed E-state index contributed by atoms with van der Waals surface area (Å²) in [5.41, 5.74) is -5.43. The van der Waals surface area contributed by atoms with Crippen molar-refractivity contribution in [2.75, 3.05) is 0 Å². The molecule has 1 aliphatic heterocycles. The van der Waals surface area contributed by atoms with Crippen LogP contribution in [0.15, 0.2) is 46.1 Å². The molecule has 0 bridgehead atoms. The van der Waals surface area contributed by atoms with Crippen LogP contribution in [0.4, 0.5) is 17.6 Å². The Morgan fingerprint density at radius 2 is 2.04 bits per heavy atom. The molecule has 2 aromatic heterocycles. The van der Waals surface area contributed by atoms with Crippen molar-refractivity contribution >= 4 is 11.2 Å². The summed E-state index contributed by atoms with van der Waals surface area (Å²) in [5.74, 6) is -0.357. The van der Waals surface area contributed by atoms with Crippen molar-refractivity contribution in [3.63, 3.8) is 0 Å². The number of aromatic nitrogens is 2. The van der Waals surface area contributed by atoms with E-state index in [0.717, 1.165) is 35.4 Å². The number of hydrogen-bond acceptors (Lipinski definition) is 5. The lowest BCUT2D eigenvalue weighted by atomic mass is 9.79. The Balaban J connectivity index is 1.73. The van der Waals surface area contributed by atoms with Gasteiger partial charge < -0.3 is 18.8 Å². The Hall–Kier alpha value is -2.88. The van der Waals surface area contributed by atoms with Gasteiger partial charge in [-0.3, -0.25) is 4.79 Å². The number of halogens is 4. The number of benzene rings is 1. The molecule has 0 amide bonds. The summed E-state index contributed by atoms with van der Waals surface area (Å²) in [6, 6.07) is 4.57. The zero-order valence-corrected chi connectivity index (χ0v) is 14.5. The summed E-state index contributed by atoms with van der Waals surface area (Å²) >= 11 is 0. The highest BCUT2D eigenvalue weighted by Gasteiger charge is 2.60. The maximum absolute atomic E-state index is 13.8. The van der Waals surface area contributed by atoms with E-state index >= 15 is 0 Å². The number of oxazole rings is 1. The topological polar surface area (TPSA) is 77.5 Å². The number of fused-ring (bicyclic) bond motifs is 2. The van der Waals surface area contributed by atoms with Crippen LogP contribution in [0.1, 0.15) is 18.9 Å². The third-order valence-electron chi connectivity index (χ3n) is 4.89. The van der Waals surface area contributed by atoms with Crippen molar-refractivity contribution in [3.05, 3.63) is 58.5 Å². The minimum absolute atomic E-state index is 0.124. The van der Waals surface area contributed by atoms with E-state index in [1.54, 1.807) is 0 Å². The third-order valence-corrected chi connectivity index (χ3v) is 4.89. The van der Waals surface area contributed by atoms with Crippen LogP contribution < -0.4 is 10.2 Å². The molecule has 2 unspecified atom stereocenters. The summed E-state index contributed by atoms with van der Waals surface area (Å²) in [7, 11) is 0. The van der Waals surface area contributed by atoms with Gasteiger partial charge in [-0.2, -0.15) is 18.2 Å². The number of aliphatic hydroxyl groups is 1. The number of alkyl halides is 3. The molecule has 148 valence electrons. The molecule has 0 fully saturated rings. The van der Waals surface area contributed by atoms with Crippen molar-refractivity contribution in [2.24, 2.45) is 0 Å². The Labute approximate surface area is 155 Å². The van der Waals surface area contributed by atoms with Crippen LogP contribution in [-0.4, -0.2) is 26.4 Å². The van der Waals surface area contributed by atoms with Crippen molar-refractivity contribution in [1.29, 1.82) is 0 Å². The molecule has 0 radical (unpaired) electrons. The number of nitrogens with zero attached hydrogens (tertiary/aromatic N) is 2. The van der Waals surface area contributed by atoms with Gasteiger partial charge in [-0.25, -0.2) is 4.39 Å². The van der Waals surface area contributed by atoms with Crippen LogP contribution in [0.25, 0.3) is 11.2 Å². The standard InChI is InChI=1S/C18H14F4N2O4/c1-16(11-6-10(19)2-3-13(11)28-16)7-17(26,18(20,21)22)8-24-5-4-12(25)14-15(24)23-9-27-14/h2-6,9,26H,7-8H2,1H3. The van der Waals surface area contributed by atoms with Crippen molar-refractivity contribution < 1.29 is 31.8 Å².